The third-order valence-corrected chi connectivity index (χ3v) is 5.44. The maximum atomic E-state index is 12.8. The lowest BCUT2D eigenvalue weighted by Crippen LogP contribution is -2.51. The predicted octanol–water partition coefficient (Wildman–Crippen LogP) is 3.19. The van der Waals surface area contributed by atoms with Gasteiger partial charge in [0, 0.05) is 31.7 Å². The molecule has 0 radical (unpaired) electrons. The summed E-state index contributed by atoms with van der Waals surface area (Å²) in [7, 11) is 3.10. The normalized spacial score (nSPS) is 13.8. The minimum absolute atomic E-state index is 0.00876. The Kier molecular flexibility index (Phi) is 7.39. The molecule has 1 aliphatic rings. The molecule has 166 valence electrons. The zero-order valence-corrected chi connectivity index (χ0v) is 18.6. The molecule has 0 bridgehead atoms. The van der Waals surface area contributed by atoms with Crippen molar-refractivity contribution in [1.82, 2.24) is 9.80 Å². The Hall–Kier alpha value is -3.22. The van der Waals surface area contributed by atoms with Crippen LogP contribution < -0.4 is 14.2 Å². The molecular weight excluding hydrogens is 396 g/mol. The maximum Gasteiger partial charge on any atom is 0.260 e. The zero-order valence-electron chi connectivity index (χ0n) is 18.6. The van der Waals surface area contributed by atoms with Crippen molar-refractivity contribution in [2.75, 3.05) is 47.0 Å². The van der Waals surface area contributed by atoms with Crippen LogP contribution in [0.25, 0.3) is 0 Å². The van der Waals surface area contributed by atoms with E-state index in [4.69, 9.17) is 14.2 Å². The van der Waals surface area contributed by atoms with Crippen molar-refractivity contribution in [2.45, 2.75) is 19.8 Å². The molecule has 7 heteroatoms. The smallest absolute Gasteiger partial charge is 0.260 e. The van der Waals surface area contributed by atoms with Crippen molar-refractivity contribution in [3.05, 3.63) is 53.6 Å². The summed E-state index contributed by atoms with van der Waals surface area (Å²) in [6.45, 7) is 6.13. The molecule has 0 saturated carbocycles. The van der Waals surface area contributed by atoms with Crippen molar-refractivity contribution in [1.29, 1.82) is 0 Å². The van der Waals surface area contributed by atoms with E-state index in [9.17, 15) is 9.59 Å². The van der Waals surface area contributed by atoms with Crippen LogP contribution in [0.5, 0.6) is 17.2 Å². The Balaban J connectivity index is 1.52. The molecule has 0 N–H and O–H groups in total. The minimum atomic E-state index is -0.0881. The number of carbonyl (C=O) groups is 2. The van der Waals surface area contributed by atoms with Crippen LogP contribution in [-0.2, 0) is 4.79 Å². The van der Waals surface area contributed by atoms with Crippen LogP contribution in [-0.4, -0.2) is 68.6 Å². The van der Waals surface area contributed by atoms with E-state index in [-0.39, 0.29) is 18.4 Å². The summed E-state index contributed by atoms with van der Waals surface area (Å²) >= 11 is 0. The van der Waals surface area contributed by atoms with E-state index < -0.39 is 0 Å². The van der Waals surface area contributed by atoms with Gasteiger partial charge < -0.3 is 24.0 Å². The Morgan fingerprint density at radius 3 is 2.23 bits per heavy atom. The van der Waals surface area contributed by atoms with Gasteiger partial charge in [0.2, 0.25) is 0 Å². The molecule has 0 spiro atoms. The lowest BCUT2D eigenvalue weighted by atomic mass is 10.0. The molecule has 3 rings (SSSR count). The topological polar surface area (TPSA) is 68.3 Å². The molecule has 2 aromatic carbocycles. The average Bonchev–Trinajstić information content (AvgIpc) is 2.81. The molecule has 1 aliphatic heterocycles. The van der Waals surface area contributed by atoms with Crippen LogP contribution in [0.3, 0.4) is 0 Å². The first-order chi connectivity index (χ1) is 14.9. The highest BCUT2D eigenvalue weighted by Gasteiger charge is 2.25. The first kappa shape index (κ1) is 22.5. The maximum absolute atomic E-state index is 12.8. The summed E-state index contributed by atoms with van der Waals surface area (Å²) in [6.07, 6.45) is 0. The highest BCUT2D eigenvalue weighted by atomic mass is 16.5. The van der Waals surface area contributed by atoms with Gasteiger partial charge in [-0.25, -0.2) is 0 Å². The van der Waals surface area contributed by atoms with E-state index in [1.807, 2.05) is 24.3 Å². The van der Waals surface area contributed by atoms with Gasteiger partial charge >= 0.3 is 0 Å². The second-order valence-corrected chi connectivity index (χ2v) is 7.76. The fraction of sp³-hybridized carbons (Fsp3) is 0.417. The van der Waals surface area contributed by atoms with Crippen molar-refractivity contribution in [2.24, 2.45) is 0 Å². The summed E-state index contributed by atoms with van der Waals surface area (Å²) in [5.74, 6) is 2.02. The number of benzene rings is 2. The Morgan fingerprint density at radius 2 is 1.58 bits per heavy atom. The SMILES string of the molecule is COc1ccc(C(=O)N2CCN(C(=O)COc3cccc(C(C)C)c3)CC2)cc1OC. The molecule has 0 aromatic heterocycles. The van der Waals surface area contributed by atoms with Gasteiger partial charge in [-0.05, 0) is 41.8 Å². The van der Waals surface area contributed by atoms with Crippen molar-refractivity contribution in [3.63, 3.8) is 0 Å². The first-order valence-corrected chi connectivity index (χ1v) is 10.4. The average molecular weight is 427 g/mol. The third kappa shape index (κ3) is 5.48. The van der Waals surface area contributed by atoms with Gasteiger partial charge in [0.05, 0.1) is 14.2 Å². The van der Waals surface area contributed by atoms with E-state index in [1.165, 1.54) is 12.7 Å². The Bertz CT molecular complexity index is 920. The van der Waals surface area contributed by atoms with E-state index in [0.717, 1.165) is 0 Å². The molecule has 0 aliphatic carbocycles. The van der Waals surface area contributed by atoms with Crippen LogP contribution in [0.15, 0.2) is 42.5 Å². The largest absolute Gasteiger partial charge is 0.493 e. The van der Waals surface area contributed by atoms with Gasteiger partial charge in [0.1, 0.15) is 5.75 Å². The Labute approximate surface area is 183 Å². The van der Waals surface area contributed by atoms with Gasteiger partial charge in [-0.15, -0.1) is 0 Å². The number of hydrogen-bond donors (Lipinski definition) is 0. The van der Waals surface area contributed by atoms with Crippen LogP contribution in [0.2, 0.25) is 0 Å². The van der Waals surface area contributed by atoms with E-state index in [1.54, 1.807) is 35.1 Å². The van der Waals surface area contributed by atoms with Crippen LogP contribution in [0.4, 0.5) is 0 Å². The molecule has 1 saturated heterocycles. The fourth-order valence-electron chi connectivity index (χ4n) is 3.51. The molecule has 0 atom stereocenters. The number of ether oxygens (including phenoxy) is 3. The highest BCUT2D eigenvalue weighted by Crippen LogP contribution is 2.28. The number of hydrogen-bond acceptors (Lipinski definition) is 5. The van der Waals surface area contributed by atoms with Crippen molar-refractivity contribution in [3.8, 4) is 17.2 Å². The van der Waals surface area contributed by atoms with Gasteiger partial charge in [0.25, 0.3) is 11.8 Å². The van der Waals surface area contributed by atoms with E-state index >= 15 is 0 Å². The van der Waals surface area contributed by atoms with E-state index in [0.29, 0.717) is 54.9 Å². The Morgan fingerprint density at radius 1 is 0.903 bits per heavy atom. The fourth-order valence-corrected chi connectivity index (χ4v) is 3.51. The second-order valence-electron chi connectivity index (χ2n) is 7.76. The van der Waals surface area contributed by atoms with Gasteiger partial charge in [-0.1, -0.05) is 26.0 Å². The van der Waals surface area contributed by atoms with Gasteiger partial charge in [-0.2, -0.15) is 0 Å². The number of nitrogens with zero attached hydrogens (tertiary/aromatic N) is 2. The molecule has 2 amide bonds. The second kappa shape index (κ2) is 10.2. The molecule has 0 unspecified atom stereocenters. The monoisotopic (exact) mass is 426 g/mol. The summed E-state index contributed by atoms with van der Waals surface area (Å²) in [6, 6.07) is 12.9. The first-order valence-electron chi connectivity index (χ1n) is 10.4. The predicted molar refractivity (Wildman–Crippen MR) is 118 cm³/mol. The van der Waals surface area contributed by atoms with Crippen molar-refractivity contribution < 1.29 is 23.8 Å². The van der Waals surface area contributed by atoms with Crippen LogP contribution >= 0.6 is 0 Å². The third-order valence-electron chi connectivity index (χ3n) is 5.44. The zero-order chi connectivity index (χ0) is 22.4. The molecule has 31 heavy (non-hydrogen) atoms. The molecule has 2 aromatic rings. The van der Waals surface area contributed by atoms with Gasteiger partial charge in [0.15, 0.2) is 18.1 Å². The van der Waals surface area contributed by atoms with Crippen LogP contribution in [0.1, 0.15) is 35.7 Å². The van der Waals surface area contributed by atoms with Gasteiger partial charge in [-0.3, -0.25) is 9.59 Å². The standard InChI is InChI=1S/C24H30N2O5/c1-17(2)18-6-5-7-20(14-18)31-16-23(27)25-10-12-26(13-11-25)24(28)19-8-9-21(29-3)22(15-19)30-4/h5-9,14-15,17H,10-13,16H2,1-4H3. The molecule has 7 nitrogen and oxygen atoms in total. The minimum Gasteiger partial charge on any atom is -0.493 e. The number of rotatable bonds is 7. The van der Waals surface area contributed by atoms with Crippen LogP contribution in [0, 0.1) is 0 Å². The summed E-state index contributed by atoms with van der Waals surface area (Å²) in [5, 5.41) is 0. The summed E-state index contributed by atoms with van der Waals surface area (Å²) in [5.41, 5.74) is 1.71. The van der Waals surface area contributed by atoms with Crippen molar-refractivity contribution >= 4 is 11.8 Å². The number of methoxy groups -OCH3 is 2. The molecular formula is C24H30N2O5. The summed E-state index contributed by atoms with van der Waals surface area (Å²) in [4.78, 5) is 28.9. The molecule has 1 fully saturated rings. The summed E-state index contributed by atoms with van der Waals surface area (Å²) < 4.78 is 16.2. The quantitative estimate of drug-likeness (QED) is 0.680. The lowest BCUT2D eigenvalue weighted by molar-refractivity contribution is -0.134. The number of carbonyl (C=O) groups excluding carboxylic acids is 2. The number of piperazine rings is 1. The number of amides is 2. The lowest BCUT2D eigenvalue weighted by Gasteiger charge is -2.34. The highest BCUT2D eigenvalue weighted by molar-refractivity contribution is 5.95. The molecule has 1 heterocycles. The van der Waals surface area contributed by atoms with E-state index in [2.05, 4.69) is 13.8 Å².